The molecule has 0 fully saturated rings. The lowest BCUT2D eigenvalue weighted by Gasteiger charge is -2.07. The summed E-state index contributed by atoms with van der Waals surface area (Å²) in [5.74, 6) is 0.386. The van der Waals surface area contributed by atoms with Gasteiger partial charge in [-0.1, -0.05) is 18.5 Å². The summed E-state index contributed by atoms with van der Waals surface area (Å²) in [5.41, 5.74) is 4.01. The van der Waals surface area contributed by atoms with Gasteiger partial charge >= 0.3 is 0 Å². The lowest BCUT2D eigenvalue weighted by Crippen LogP contribution is -2.26. The van der Waals surface area contributed by atoms with Crippen LogP contribution in [0.5, 0.6) is 11.5 Å². The number of nitrogens with one attached hydrogen (secondary N) is 1. The van der Waals surface area contributed by atoms with Crippen molar-refractivity contribution in [3.8, 4) is 11.5 Å². The van der Waals surface area contributed by atoms with Crippen molar-refractivity contribution >= 4 is 23.2 Å². The molecule has 0 spiro atoms. The zero-order valence-corrected chi connectivity index (χ0v) is 13.4. The molecule has 0 aromatic heterocycles. The molecule has 0 saturated heterocycles. The summed E-state index contributed by atoms with van der Waals surface area (Å²) < 4.78 is 5.34. The van der Waals surface area contributed by atoms with Crippen LogP contribution in [0.1, 0.15) is 18.9 Å². The van der Waals surface area contributed by atoms with E-state index in [0.717, 1.165) is 5.56 Å². The predicted octanol–water partition coefficient (Wildman–Crippen LogP) is 3.35. The van der Waals surface area contributed by atoms with Gasteiger partial charge in [0.25, 0.3) is 5.91 Å². The van der Waals surface area contributed by atoms with Crippen molar-refractivity contribution in [2.45, 2.75) is 13.3 Å². The molecule has 23 heavy (non-hydrogen) atoms. The third-order valence-electron chi connectivity index (χ3n) is 3.03. The molecule has 0 unspecified atom stereocenters. The Morgan fingerprint density at radius 3 is 2.43 bits per heavy atom. The Hall–Kier alpha value is -2.53. The second-order valence-electron chi connectivity index (χ2n) is 4.74. The summed E-state index contributed by atoms with van der Waals surface area (Å²) in [6.07, 6.45) is 0.642. The standard InChI is InChI=1S/C17H17ClN2O3/c1-2-16(12-3-7-14(21)8-4-12)19-20-17(22)11-23-15-9-5-13(18)6-10-15/h3-10,21H,2,11H2,1H3,(H,20,22). The Labute approximate surface area is 139 Å². The first-order valence-electron chi connectivity index (χ1n) is 7.11. The summed E-state index contributed by atoms with van der Waals surface area (Å²) in [6, 6.07) is 13.4. The Morgan fingerprint density at radius 2 is 1.83 bits per heavy atom. The average molecular weight is 333 g/mol. The second kappa shape index (κ2) is 8.19. The van der Waals surface area contributed by atoms with Gasteiger partial charge in [-0.05, 0) is 60.5 Å². The molecule has 0 aliphatic carbocycles. The quantitative estimate of drug-likeness (QED) is 0.629. The van der Waals surface area contributed by atoms with Gasteiger partial charge in [0.2, 0.25) is 0 Å². The maximum absolute atomic E-state index is 11.8. The van der Waals surface area contributed by atoms with E-state index in [9.17, 15) is 9.90 Å². The van der Waals surface area contributed by atoms with Crippen molar-refractivity contribution in [3.05, 3.63) is 59.1 Å². The first-order valence-corrected chi connectivity index (χ1v) is 7.49. The first kappa shape index (κ1) is 16.8. The molecule has 2 N–H and O–H groups in total. The van der Waals surface area contributed by atoms with Gasteiger partial charge < -0.3 is 9.84 Å². The number of halogens is 1. The number of carbonyl (C=O) groups is 1. The van der Waals surface area contributed by atoms with Crippen molar-refractivity contribution in [2.24, 2.45) is 5.10 Å². The molecular weight excluding hydrogens is 316 g/mol. The Kier molecular flexibility index (Phi) is 6.00. The van der Waals surface area contributed by atoms with E-state index in [4.69, 9.17) is 16.3 Å². The smallest absolute Gasteiger partial charge is 0.277 e. The van der Waals surface area contributed by atoms with Crippen molar-refractivity contribution in [1.82, 2.24) is 5.43 Å². The SMILES string of the molecule is CCC(=NNC(=O)COc1ccc(Cl)cc1)c1ccc(O)cc1. The minimum atomic E-state index is -0.357. The highest BCUT2D eigenvalue weighted by atomic mass is 35.5. The van der Waals surface area contributed by atoms with Crippen LogP contribution in [-0.2, 0) is 4.79 Å². The Morgan fingerprint density at radius 1 is 1.17 bits per heavy atom. The summed E-state index contributed by atoms with van der Waals surface area (Å²) in [5, 5.41) is 14.0. The molecule has 2 rings (SSSR count). The van der Waals surface area contributed by atoms with Crippen molar-refractivity contribution in [1.29, 1.82) is 0 Å². The zero-order valence-electron chi connectivity index (χ0n) is 12.6. The van der Waals surface area contributed by atoms with Crippen molar-refractivity contribution in [3.63, 3.8) is 0 Å². The Balaban J connectivity index is 1.90. The van der Waals surface area contributed by atoms with E-state index in [1.165, 1.54) is 0 Å². The normalized spacial score (nSPS) is 11.1. The van der Waals surface area contributed by atoms with E-state index in [-0.39, 0.29) is 18.3 Å². The highest BCUT2D eigenvalue weighted by Crippen LogP contribution is 2.15. The summed E-state index contributed by atoms with van der Waals surface area (Å²) in [4.78, 5) is 11.8. The number of ether oxygens (including phenoxy) is 1. The zero-order chi connectivity index (χ0) is 16.7. The van der Waals surface area contributed by atoms with Crippen LogP contribution in [0.2, 0.25) is 5.02 Å². The third-order valence-corrected chi connectivity index (χ3v) is 3.29. The fourth-order valence-corrected chi connectivity index (χ4v) is 1.97. The largest absolute Gasteiger partial charge is 0.508 e. The number of hydrogen-bond donors (Lipinski definition) is 2. The molecule has 5 nitrogen and oxygen atoms in total. The van der Waals surface area contributed by atoms with Gasteiger partial charge in [-0.15, -0.1) is 0 Å². The van der Waals surface area contributed by atoms with Crippen molar-refractivity contribution < 1.29 is 14.6 Å². The maximum atomic E-state index is 11.8. The summed E-state index contributed by atoms with van der Waals surface area (Å²) in [6.45, 7) is 1.79. The first-order chi connectivity index (χ1) is 11.1. The number of hydrogen-bond acceptors (Lipinski definition) is 4. The number of phenols is 1. The van der Waals surface area contributed by atoms with Gasteiger partial charge in [-0.25, -0.2) is 5.43 Å². The number of carbonyl (C=O) groups excluding carboxylic acids is 1. The van der Waals surface area contributed by atoms with Crippen LogP contribution in [0, 0.1) is 0 Å². The van der Waals surface area contributed by atoms with E-state index >= 15 is 0 Å². The predicted molar refractivity (Wildman–Crippen MR) is 90.0 cm³/mol. The minimum absolute atomic E-state index is 0.141. The lowest BCUT2D eigenvalue weighted by atomic mass is 10.1. The van der Waals surface area contributed by atoms with Crippen LogP contribution in [0.3, 0.4) is 0 Å². The van der Waals surface area contributed by atoms with Crippen LogP contribution in [0.4, 0.5) is 0 Å². The van der Waals surface area contributed by atoms with E-state index < -0.39 is 0 Å². The number of nitrogens with zero attached hydrogens (tertiary/aromatic N) is 1. The number of rotatable bonds is 6. The molecule has 6 heteroatoms. The summed E-state index contributed by atoms with van der Waals surface area (Å²) in [7, 11) is 0. The number of benzene rings is 2. The molecule has 2 aromatic carbocycles. The topological polar surface area (TPSA) is 70.9 Å². The van der Waals surface area contributed by atoms with Crippen LogP contribution < -0.4 is 10.2 Å². The molecule has 120 valence electrons. The maximum Gasteiger partial charge on any atom is 0.277 e. The molecule has 0 saturated carbocycles. The summed E-state index contributed by atoms with van der Waals surface area (Å²) >= 11 is 5.77. The average Bonchev–Trinajstić information content (AvgIpc) is 2.56. The van der Waals surface area contributed by atoms with E-state index in [0.29, 0.717) is 22.9 Å². The number of phenolic OH excluding ortho intramolecular Hbond substituents is 1. The molecule has 0 aliphatic rings. The molecular formula is C17H17ClN2O3. The number of hydrazone groups is 1. The fourth-order valence-electron chi connectivity index (χ4n) is 1.84. The highest BCUT2D eigenvalue weighted by Gasteiger charge is 2.05. The van der Waals surface area contributed by atoms with E-state index in [1.807, 2.05) is 6.92 Å². The van der Waals surface area contributed by atoms with Crippen molar-refractivity contribution in [2.75, 3.05) is 6.61 Å². The molecule has 0 aliphatic heterocycles. The molecule has 0 atom stereocenters. The second-order valence-corrected chi connectivity index (χ2v) is 5.17. The third kappa shape index (κ3) is 5.30. The van der Waals surface area contributed by atoms with Gasteiger partial charge in [-0.3, -0.25) is 4.79 Å². The molecule has 1 amide bonds. The van der Waals surface area contributed by atoms with Crippen LogP contribution in [-0.4, -0.2) is 23.3 Å². The Bertz CT molecular complexity index is 682. The molecule has 0 heterocycles. The fraction of sp³-hybridized carbons (Fsp3) is 0.176. The molecule has 0 radical (unpaired) electrons. The number of aromatic hydroxyl groups is 1. The van der Waals surface area contributed by atoms with Crippen LogP contribution >= 0.6 is 11.6 Å². The molecule has 2 aromatic rings. The van der Waals surface area contributed by atoms with Gasteiger partial charge in [0.1, 0.15) is 11.5 Å². The van der Waals surface area contributed by atoms with E-state index in [1.54, 1.807) is 48.5 Å². The highest BCUT2D eigenvalue weighted by molar-refractivity contribution is 6.30. The minimum Gasteiger partial charge on any atom is -0.508 e. The monoisotopic (exact) mass is 332 g/mol. The van der Waals surface area contributed by atoms with Gasteiger partial charge in [0, 0.05) is 5.02 Å². The molecule has 0 bridgehead atoms. The van der Waals surface area contributed by atoms with Gasteiger partial charge in [0.05, 0.1) is 5.71 Å². The van der Waals surface area contributed by atoms with Crippen LogP contribution in [0.15, 0.2) is 53.6 Å². The van der Waals surface area contributed by atoms with Crippen LogP contribution in [0.25, 0.3) is 0 Å². The number of amides is 1. The van der Waals surface area contributed by atoms with Gasteiger partial charge in [0.15, 0.2) is 6.61 Å². The van der Waals surface area contributed by atoms with E-state index in [2.05, 4.69) is 10.5 Å². The lowest BCUT2D eigenvalue weighted by molar-refractivity contribution is -0.123. The van der Waals surface area contributed by atoms with Gasteiger partial charge in [-0.2, -0.15) is 5.10 Å².